The lowest BCUT2D eigenvalue weighted by atomic mass is 10.1. The highest BCUT2D eigenvalue weighted by atomic mass is 16.5. The first kappa shape index (κ1) is 18.1. The Bertz CT molecular complexity index is 764. The van der Waals surface area contributed by atoms with E-state index in [2.05, 4.69) is 0 Å². The highest BCUT2D eigenvalue weighted by molar-refractivity contribution is 6.00. The van der Waals surface area contributed by atoms with Gasteiger partial charge in [0, 0.05) is 18.3 Å². The van der Waals surface area contributed by atoms with E-state index in [9.17, 15) is 9.90 Å². The number of aliphatic hydroxyl groups excluding tert-OH is 1. The molecule has 0 bridgehead atoms. The van der Waals surface area contributed by atoms with Crippen LogP contribution in [0.4, 0.5) is 5.69 Å². The molecule has 0 aromatic heterocycles. The first-order valence-corrected chi connectivity index (χ1v) is 8.70. The standard InChI is InChI=1S/C20H24N2O4/c1-25-18-10-16(20(24)22-9-5-8-15(22)12-23)17(21)11-19(18)26-13-14-6-3-2-4-7-14/h2-4,6-7,10-11,15,23H,5,8-9,12-13,21H2,1H3/t15-/m0/s1. The molecule has 0 spiro atoms. The minimum absolute atomic E-state index is 0.0406. The summed E-state index contributed by atoms with van der Waals surface area (Å²) < 4.78 is 11.2. The summed E-state index contributed by atoms with van der Waals surface area (Å²) in [5.41, 5.74) is 7.85. The van der Waals surface area contributed by atoms with Crippen LogP contribution in [0.15, 0.2) is 42.5 Å². The molecule has 6 heteroatoms. The number of likely N-dealkylation sites (tertiary alicyclic amines) is 1. The second-order valence-corrected chi connectivity index (χ2v) is 6.34. The van der Waals surface area contributed by atoms with Gasteiger partial charge in [0.2, 0.25) is 0 Å². The van der Waals surface area contributed by atoms with Crippen molar-refractivity contribution in [1.29, 1.82) is 0 Å². The van der Waals surface area contributed by atoms with Gasteiger partial charge in [-0.25, -0.2) is 0 Å². The molecule has 26 heavy (non-hydrogen) atoms. The van der Waals surface area contributed by atoms with E-state index in [1.807, 2.05) is 30.3 Å². The Morgan fingerprint density at radius 3 is 2.73 bits per heavy atom. The summed E-state index contributed by atoms with van der Waals surface area (Å²) in [5.74, 6) is 0.760. The van der Waals surface area contributed by atoms with Gasteiger partial charge in [0.1, 0.15) is 6.61 Å². The number of aliphatic hydroxyl groups is 1. The zero-order valence-corrected chi connectivity index (χ0v) is 14.9. The fourth-order valence-electron chi connectivity index (χ4n) is 3.22. The van der Waals surface area contributed by atoms with Crippen molar-refractivity contribution in [2.75, 3.05) is 26.0 Å². The Kier molecular flexibility index (Phi) is 5.63. The number of nitrogen functional groups attached to an aromatic ring is 1. The third kappa shape index (κ3) is 3.75. The van der Waals surface area contributed by atoms with Gasteiger partial charge in [-0.3, -0.25) is 4.79 Å². The number of amides is 1. The van der Waals surface area contributed by atoms with E-state index in [-0.39, 0.29) is 18.6 Å². The Morgan fingerprint density at radius 1 is 1.27 bits per heavy atom. The monoisotopic (exact) mass is 356 g/mol. The maximum absolute atomic E-state index is 12.8. The van der Waals surface area contributed by atoms with Gasteiger partial charge >= 0.3 is 0 Å². The maximum Gasteiger partial charge on any atom is 0.256 e. The lowest BCUT2D eigenvalue weighted by Crippen LogP contribution is -2.37. The van der Waals surface area contributed by atoms with Gasteiger partial charge in [0.05, 0.1) is 25.3 Å². The first-order chi connectivity index (χ1) is 12.6. The van der Waals surface area contributed by atoms with Gasteiger partial charge in [0.15, 0.2) is 11.5 Å². The molecule has 1 aliphatic heterocycles. The number of benzene rings is 2. The number of carbonyl (C=O) groups is 1. The summed E-state index contributed by atoms with van der Waals surface area (Å²) in [7, 11) is 1.53. The molecule has 1 aliphatic rings. The van der Waals surface area contributed by atoms with Gasteiger partial charge in [-0.1, -0.05) is 30.3 Å². The van der Waals surface area contributed by atoms with Crippen molar-refractivity contribution < 1.29 is 19.4 Å². The third-order valence-electron chi connectivity index (χ3n) is 4.65. The number of rotatable bonds is 6. The fraction of sp³-hybridized carbons (Fsp3) is 0.350. The minimum atomic E-state index is -0.188. The summed E-state index contributed by atoms with van der Waals surface area (Å²) in [5, 5.41) is 9.45. The molecular weight excluding hydrogens is 332 g/mol. The van der Waals surface area contributed by atoms with Crippen molar-refractivity contribution in [3.05, 3.63) is 53.6 Å². The van der Waals surface area contributed by atoms with Crippen molar-refractivity contribution >= 4 is 11.6 Å². The number of carbonyl (C=O) groups excluding carboxylic acids is 1. The molecule has 6 nitrogen and oxygen atoms in total. The Labute approximate surface area is 153 Å². The van der Waals surface area contributed by atoms with Crippen molar-refractivity contribution in [2.24, 2.45) is 0 Å². The Balaban J connectivity index is 1.81. The van der Waals surface area contributed by atoms with Crippen LogP contribution in [-0.4, -0.2) is 42.2 Å². The number of anilines is 1. The molecular formula is C20H24N2O4. The van der Waals surface area contributed by atoms with Crippen LogP contribution in [0, 0.1) is 0 Å². The van der Waals surface area contributed by atoms with Crippen molar-refractivity contribution in [1.82, 2.24) is 4.90 Å². The number of nitrogens with two attached hydrogens (primary N) is 1. The van der Waals surface area contributed by atoms with Crippen molar-refractivity contribution in [3.63, 3.8) is 0 Å². The van der Waals surface area contributed by atoms with Crippen LogP contribution in [0.3, 0.4) is 0 Å². The lowest BCUT2D eigenvalue weighted by molar-refractivity contribution is 0.0678. The smallest absolute Gasteiger partial charge is 0.256 e. The molecule has 1 heterocycles. The first-order valence-electron chi connectivity index (χ1n) is 8.70. The van der Waals surface area contributed by atoms with Crippen LogP contribution < -0.4 is 15.2 Å². The molecule has 1 saturated heterocycles. The van der Waals surface area contributed by atoms with E-state index in [0.717, 1.165) is 18.4 Å². The van der Waals surface area contributed by atoms with Gasteiger partial charge in [-0.2, -0.15) is 0 Å². The molecule has 0 unspecified atom stereocenters. The summed E-state index contributed by atoms with van der Waals surface area (Å²) in [6.07, 6.45) is 1.68. The molecule has 2 aromatic carbocycles. The molecule has 2 aromatic rings. The average Bonchev–Trinajstić information content (AvgIpc) is 3.15. The summed E-state index contributed by atoms with van der Waals surface area (Å²) in [4.78, 5) is 14.5. The van der Waals surface area contributed by atoms with Gasteiger partial charge in [-0.15, -0.1) is 0 Å². The lowest BCUT2D eigenvalue weighted by Gasteiger charge is -2.24. The minimum Gasteiger partial charge on any atom is -0.493 e. The van der Waals surface area contributed by atoms with Gasteiger partial charge in [-0.05, 0) is 24.5 Å². The zero-order valence-electron chi connectivity index (χ0n) is 14.9. The van der Waals surface area contributed by atoms with E-state index in [4.69, 9.17) is 15.2 Å². The van der Waals surface area contributed by atoms with E-state index >= 15 is 0 Å². The molecule has 0 radical (unpaired) electrons. The molecule has 0 saturated carbocycles. The van der Waals surface area contributed by atoms with Gasteiger partial charge < -0.3 is 25.2 Å². The van der Waals surface area contributed by atoms with Crippen molar-refractivity contribution in [3.8, 4) is 11.5 Å². The Hall–Kier alpha value is -2.73. The average molecular weight is 356 g/mol. The fourth-order valence-corrected chi connectivity index (χ4v) is 3.22. The second-order valence-electron chi connectivity index (χ2n) is 6.34. The highest BCUT2D eigenvalue weighted by Gasteiger charge is 2.30. The highest BCUT2D eigenvalue weighted by Crippen LogP contribution is 2.34. The number of methoxy groups -OCH3 is 1. The normalized spacial score (nSPS) is 16.5. The van der Waals surface area contributed by atoms with E-state index in [1.54, 1.807) is 17.0 Å². The maximum atomic E-state index is 12.8. The van der Waals surface area contributed by atoms with Crippen LogP contribution in [0.1, 0.15) is 28.8 Å². The van der Waals surface area contributed by atoms with Crippen LogP contribution in [0.25, 0.3) is 0 Å². The predicted octanol–water partition coefficient (Wildman–Crippen LogP) is 2.45. The molecule has 1 atom stereocenters. The topological polar surface area (TPSA) is 85.0 Å². The summed E-state index contributed by atoms with van der Waals surface area (Å²) >= 11 is 0. The molecule has 1 fully saturated rings. The molecule has 138 valence electrons. The third-order valence-corrected chi connectivity index (χ3v) is 4.65. The molecule has 0 aliphatic carbocycles. The number of ether oxygens (including phenoxy) is 2. The predicted molar refractivity (Wildman–Crippen MR) is 99.3 cm³/mol. The number of hydrogen-bond donors (Lipinski definition) is 2. The quantitative estimate of drug-likeness (QED) is 0.777. The second kappa shape index (κ2) is 8.10. The molecule has 3 N–H and O–H groups in total. The largest absolute Gasteiger partial charge is 0.493 e. The van der Waals surface area contributed by atoms with Crippen LogP contribution in [-0.2, 0) is 6.61 Å². The summed E-state index contributed by atoms with van der Waals surface area (Å²) in [6, 6.07) is 12.9. The summed E-state index contributed by atoms with van der Waals surface area (Å²) in [6.45, 7) is 0.960. The van der Waals surface area contributed by atoms with Gasteiger partial charge in [0.25, 0.3) is 5.91 Å². The van der Waals surface area contributed by atoms with Crippen molar-refractivity contribution in [2.45, 2.75) is 25.5 Å². The molecule has 1 amide bonds. The molecule has 3 rings (SSSR count). The van der Waals surface area contributed by atoms with Crippen LogP contribution in [0.5, 0.6) is 11.5 Å². The van der Waals surface area contributed by atoms with E-state index in [1.165, 1.54) is 7.11 Å². The number of nitrogens with zero attached hydrogens (tertiary/aromatic N) is 1. The van der Waals surface area contributed by atoms with E-state index < -0.39 is 0 Å². The number of hydrogen-bond acceptors (Lipinski definition) is 5. The zero-order chi connectivity index (χ0) is 18.5. The van der Waals surface area contributed by atoms with E-state index in [0.29, 0.717) is 35.9 Å². The Morgan fingerprint density at radius 2 is 2.04 bits per heavy atom. The van der Waals surface area contributed by atoms with Crippen LogP contribution >= 0.6 is 0 Å². The SMILES string of the molecule is COc1cc(C(=O)N2CCC[C@H]2CO)c(N)cc1OCc1ccccc1. The van der Waals surface area contributed by atoms with Crippen LogP contribution in [0.2, 0.25) is 0 Å².